The Hall–Kier alpha value is -3.12. The van der Waals surface area contributed by atoms with Gasteiger partial charge in [-0.05, 0) is 29.8 Å². The van der Waals surface area contributed by atoms with E-state index >= 15 is 0 Å². The molecule has 1 atom stereocenters. The molecule has 162 valence electrons. The van der Waals surface area contributed by atoms with Crippen LogP contribution in [0.5, 0.6) is 0 Å². The SMILES string of the molecule is CS(=O)(=O)Nc1ccc(F)c(CC(=O)Nc2nc(C3CNc4ncc(F)cc43)cs2)c1. The summed E-state index contributed by atoms with van der Waals surface area (Å²) < 4.78 is 52.6. The molecule has 1 aromatic carbocycles. The molecule has 0 spiro atoms. The zero-order valence-electron chi connectivity index (χ0n) is 16.1. The van der Waals surface area contributed by atoms with E-state index < -0.39 is 27.6 Å². The molecule has 0 saturated heterocycles. The van der Waals surface area contributed by atoms with E-state index in [9.17, 15) is 22.0 Å². The third kappa shape index (κ3) is 4.97. The van der Waals surface area contributed by atoms with Gasteiger partial charge in [0.1, 0.15) is 17.5 Å². The highest BCUT2D eigenvalue weighted by molar-refractivity contribution is 7.92. The van der Waals surface area contributed by atoms with Gasteiger partial charge in [-0.2, -0.15) is 0 Å². The molecule has 4 rings (SSSR count). The van der Waals surface area contributed by atoms with Crippen LogP contribution in [0.15, 0.2) is 35.8 Å². The minimum absolute atomic E-state index is 0.0402. The topological polar surface area (TPSA) is 113 Å². The first-order valence-electron chi connectivity index (χ1n) is 9.09. The zero-order valence-corrected chi connectivity index (χ0v) is 17.8. The van der Waals surface area contributed by atoms with Gasteiger partial charge in [-0.25, -0.2) is 27.2 Å². The van der Waals surface area contributed by atoms with Crippen LogP contribution in [0.1, 0.15) is 22.7 Å². The quantitative estimate of drug-likeness (QED) is 0.516. The number of nitrogens with zero attached hydrogens (tertiary/aromatic N) is 2. The smallest absolute Gasteiger partial charge is 0.230 e. The minimum atomic E-state index is -3.53. The average molecular weight is 466 g/mol. The van der Waals surface area contributed by atoms with Crippen molar-refractivity contribution in [3.63, 3.8) is 0 Å². The third-order valence-electron chi connectivity index (χ3n) is 4.56. The highest BCUT2D eigenvalue weighted by Crippen LogP contribution is 2.36. The molecule has 1 aliphatic heterocycles. The predicted octanol–water partition coefficient (Wildman–Crippen LogP) is 2.93. The Morgan fingerprint density at radius 3 is 2.90 bits per heavy atom. The predicted molar refractivity (Wildman–Crippen MR) is 114 cm³/mol. The second-order valence-electron chi connectivity index (χ2n) is 7.01. The van der Waals surface area contributed by atoms with Gasteiger partial charge in [-0.1, -0.05) is 0 Å². The van der Waals surface area contributed by atoms with Crippen LogP contribution in [0.2, 0.25) is 0 Å². The molecule has 31 heavy (non-hydrogen) atoms. The largest absolute Gasteiger partial charge is 0.369 e. The summed E-state index contributed by atoms with van der Waals surface area (Å²) in [6, 6.07) is 5.04. The summed E-state index contributed by atoms with van der Waals surface area (Å²) >= 11 is 1.20. The van der Waals surface area contributed by atoms with Crippen LogP contribution in [0.4, 0.5) is 25.4 Å². The van der Waals surface area contributed by atoms with Gasteiger partial charge in [0.15, 0.2) is 5.13 Å². The number of aromatic nitrogens is 2. The molecule has 12 heteroatoms. The summed E-state index contributed by atoms with van der Waals surface area (Å²) in [5.74, 6) is -1.17. The number of anilines is 3. The molecule has 8 nitrogen and oxygen atoms in total. The van der Waals surface area contributed by atoms with E-state index in [2.05, 4.69) is 25.3 Å². The van der Waals surface area contributed by atoms with Crippen molar-refractivity contribution in [3.8, 4) is 0 Å². The van der Waals surface area contributed by atoms with Crippen molar-refractivity contribution in [2.75, 3.05) is 28.2 Å². The van der Waals surface area contributed by atoms with E-state index in [0.29, 0.717) is 28.8 Å². The molecule has 0 saturated carbocycles. The molecular weight excluding hydrogens is 448 g/mol. The fourth-order valence-corrected chi connectivity index (χ4v) is 4.60. The van der Waals surface area contributed by atoms with E-state index in [0.717, 1.165) is 18.5 Å². The van der Waals surface area contributed by atoms with E-state index in [1.165, 1.54) is 29.5 Å². The standard InChI is InChI=1S/C19H17F2N5O3S2/c1-31(28,29)26-12-2-3-15(21)10(4-12)5-17(27)25-19-24-16(9-30-19)14-8-23-18-13(14)6-11(20)7-22-18/h2-4,6-7,9,14,26H,5,8H2,1H3,(H,22,23)(H,24,25,27). The van der Waals surface area contributed by atoms with Crippen LogP contribution in [-0.4, -0.2) is 37.1 Å². The average Bonchev–Trinajstić information content (AvgIpc) is 3.29. The molecule has 0 bridgehead atoms. The molecule has 3 N–H and O–H groups in total. The van der Waals surface area contributed by atoms with Crippen LogP contribution >= 0.6 is 11.3 Å². The van der Waals surface area contributed by atoms with Crippen LogP contribution in [0.3, 0.4) is 0 Å². The van der Waals surface area contributed by atoms with Gasteiger partial charge in [0, 0.05) is 29.1 Å². The molecule has 0 fully saturated rings. The summed E-state index contributed by atoms with van der Waals surface area (Å²) in [5, 5.41) is 7.80. The Morgan fingerprint density at radius 1 is 1.32 bits per heavy atom. The number of thiazole rings is 1. The van der Waals surface area contributed by atoms with Crippen LogP contribution < -0.4 is 15.4 Å². The number of sulfonamides is 1. The second kappa shape index (κ2) is 8.19. The number of pyridine rings is 1. The van der Waals surface area contributed by atoms with Gasteiger partial charge >= 0.3 is 0 Å². The number of hydrogen-bond acceptors (Lipinski definition) is 7. The van der Waals surface area contributed by atoms with Crippen molar-refractivity contribution in [2.24, 2.45) is 0 Å². The van der Waals surface area contributed by atoms with Crippen molar-refractivity contribution >= 4 is 43.9 Å². The first kappa shape index (κ1) is 21.1. The van der Waals surface area contributed by atoms with E-state index in [4.69, 9.17) is 0 Å². The lowest BCUT2D eigenvalue weighted by molar-refractivity contribution is -0.115. The van der Waals surface area contributed by atoms with Crippen molar-refractivity contribution in [3.05, 3.63) is 64.3 Å². The number of fused-ring (bicyclic) bond motifs is 1. The third-order valence-corrected chi connectivity index (χ3v) is 5.94. The van der Waals surface area contributed by atoms with Crippen molar-refractivity contribution < 1.29 is 22.0 Å². The van der Waals surface area contributed by atoms with Crippen LogP contribution in [0.25, 0.3) is 0 Å². The fourth-order valence-electron chi connectivity index (χ4n) is 3.27. The summed E-state index contributed by atoms with van der Waals surface area (Å²) in [5.41, 5.74) is 1.56. The van der Waals surface area contributed by atoms with Gasteiger partial charge < -0.3 is 10.6 Å². The first-order valence-corrected chi connectivity index (χ1v) is 11.9. The van der Waals surface area contributed by atoms with Crippen molar-refractivity contribution in [2.45, 2.75) is 12.3 Å². The van der Waals surface area contributed by atoms with Gasteiger partial charge in [0.2, 0.25) is 15.9 Å². The van der Waals surface area contributed by atoms with Crippen LogP contribution in [0, 0.1) is 11.6 Å². The maximum absolute atomic E-state index is 14.1. The Kier molecular flexibility index (Phi) is 5.58. The molecule has 2 aromatic heterocycles. The number of carbonyl (C=O) groups excluding carboxylic acids is 1. The lowest BCUT2D eigenvalue weighted by atomic mass is 10.0. The molecule has 1 unspecified atom stereocenters. The molecule has 0 aliphatic carbocycles. The second-order valence-corrected chi connectivity index (χ2v) is 9.61. The summed E-state index contributed by atoms with van der Waals surface area (Å²) in [6.45, 7) is 0.508. The number of rotatable bonds is 6. The Balaban J connectivity index is 1.45. The number of amides is 1. The number of nitrogens with one attached hydrogen (secondary N) is 3. The molecule has 1 amide bonds. The normalized spacial score (nSPS) is 15.3. The minimum Gasteiger partial charge on any atom is -0.369 e. The van der Waals surface area contributed by atoms with Crippen molar-refractivity contribution in [1.82, 2.24) is 9.97 Å². The highest BCUT2D eigenvalue weighted by Gasteiger charge is 2.27. The molecule has 0 radical (unpaired) electrons. The fraction of sp³-hybridized carbons (Fsp3) is 0.211. The summed E-state index contributed by atoms with van der Waals surface area (Å²) in [4.78, 5) is 20.8. The number of benzene rings is 1. The molecule has 3 heterocycles. The Labute approximate surface area is 180 Å². The number of carbonyl (C=O) groups is 1. The Morgan fingerprint density at radius 2 is 2.13 bits per heavy atom. The Bertz CT molecular complexity index is 1260. The molecule has 1 aliphatic rings. The summed E-state index contributed by atoms with van der Waals surface area (Å²) in [6.07, 6.45) is 1.81. The van der Waals surface area contributed by atoms with Gasteiger partial charge in [0.05, 0.1) is 24.6 Å². The maximum Gasteiger partial charge on any atom is 0.230 e. The van der Waals surface area contributed by atoms with Gasteiger partial charge in [-0.15, -0.1) is 11.3 Å². The number of hydrogen-bond donors (Lipinski definition) is 3. The van der Waals surface area contributed by atoms with Gasteiger partial charge in [-0.3, -0.25) is 9.52 Å². The first-order chi connectivity index (χ1) is 14.7. The molecular formula is C19H17F2N5O3S2. The van der Waals surface area contributed by atoms with Crippen LogP contribution in [-0.2, 0) is 21.2 Å². The van der Waals surface area contributed by atoms with E-state index in [-0.39, 0.29) is 23.6 Å². The lowest BCUT2D eigenvalue weighted by Gasteiger charge is -2.08. The monoisotopic (exact) mass is 465 g/mol. The molecule has 3 aromatic rings. The van der Waals surface area contributed by atoms with E-state index in [1.807, 2.05) is 0 Å². The summed E-state index contributed by atoms with van der Waals surface area (Å²) in [7, 11) is -3.53. The van der Waals surface area contributed by atoms with Crippen molar-refractivity contribution in [1.29, 1.82) is 0 Å². The lowest BCUT2D eigenvalue weighted by Crippen LogP contribution is -2.16. The van der Waals surface area contributed by atoms with E-state index in [1.54, 1.807) is 5.38 Å². The van der Waals surface area contributed by atoms with Gasteiger partial charge in [0.25, 0.3) is 0 Å². The number of halogens is 2. The zero-order chi connectivity index (χ0) is 22.2. The maximum atomic E-state index is 14.1. The highest BCUT2D eigenvalue weighted by atomic mass is 32.2.